The Bertz CT molecular complexity index is 982. The second-order valence-electron chi connectivity index (χ2n) is 8.68. The van der Waals surface area contributed by atoms with Crippen LogP contribution in [0, 0.1) is 18.8 Å². The van der Waals surface area contributed by atoms with Crippen molar-refractivity contribution >= 4 is 35.0 Å². The number of halogens is 1. The van der Waals surface area contributed by atoms with Crippen LogP contribution in [-0.4, -0.2) is 42.3 Å². The largest absolute Gasteiger partial charge is 0.352 e. The molecule has 1 atom stereocenters. The molecule has 6 nitrogen and oxygen atoms in total. The summed E-state index contributed by atoms with van der Waals surface area (Å²) in [5.41, 5.74) is 2.97. The van der Waals surface area contributed by atoms with Crippen LogP contribution in [0.4, 0.5) is 5.69 Å². The monoisotopic (exact) mass is 453 g/mol. The number of nitrogens with zero attached hydrogens (tertiary/aromatic N) is 2. The highest BCUT2D eigenvalue weighted by Crippen LogP contribution is 2.28. The minimum absolute atomic E-state index is 0.0105. The molecule has 2 aliphatic rings. The minimum Gasteiger partial charge on any atom is -0.352 e. The highest BCUT2D eigenvalue weighted by Gasteiger charge is 2.38. The molecule has 2 saturated heterocycles. The molecule has 0 aromatic heterocycles. The summed E-state index contributed by atoms with van der Waals surface area (Å²) in [5, 5.41) is 3.65. The number of benzene rings is 2. The number of hydrogen-bond acceptors (Lipinski definition) is 3. The fourth-order valence-corrected chi connectivity index (χ4v) is 4.53. The van der Waals surface area contributed by atoms with E-state index in [1.165, 1.54) is 0 Å². The number of anilines is 1. The molecular formula is C25H28ClN3O3. The van der Waals surface area contributed by atoms with Crippen LogP contribution >= 0.6 is 11.6 Å². The smallest absolute Gasteiger partial charge is 0.228 e. The molecule has 2 heterocycles. The molecule has 2 aromatic carbocycles. The quantitative estimate of drug-likeness (QED) is 0.752. The summed E-state index contributed by atoms with van der Waals surface area (Å²) in [4.78, 5) is 41.6. The summed E-state index contributed by atoms with van der Waals surface area (Å²) in [6.45, 7) is 3.99. The molecule has 7 heteroatoms. The molecule has 0 unspecified atom stereocenters. The number of carbonyl (C=O) groups excluding carboxylic acids is 3. The first-order chi connectivity index (χ1) is 15.4. The molecule has 2 aliphatic heterocycles. The predicted octanol–water partition coefficient (Wildman–Crippen LogP) is 3.56. The normalized spacial score (nSPS) is 19.3. The maximum atomic E-state index is 13.0. The molecular weight excluding hydrogens is 426 g/mol. The first kappa shape index (κ1) is 22.3. The molecule has 2 aromatic rings. The maximum Gasteiger partial charge on any atom is 0.228 e. The third kappa shape index (κ3) is 5.13. The van der Waals surface area contributed by atoms with E-state index >= 15 is 0 Å². The summed E-state index contributed by atoms with van der Waals surface area (Å²) in [6, 6.07) is 15.2. The number of nitrogens with one attached hydrogen (secondary N) is 1. The van der Waals surface area contributed by atoms with E-state index < -0.39 is 0 Å². The van der Waals surface area contributed by atoms with Crippen molar-refractivity contribution in [3.63, 3.8) is 0 Å². The molecule has 32 heavy (non-hydrogen) atoms. The van der Waals surface area contributed by atoms with Gasteiger partial charge in [-0.25, -0.2) is 0 Å². The fraction of sp³-hybridized carbons (Fsp3) is 0.400. The second-order valence-corrected chi connectivity index (χ2v) is 9.12. The SMILES string of the molecule is Cc1ccc(N2C[C@@H](C(=O)N3CCC(C(=O)NCc4ccc(Cl)cc4)CC3)CC2=O)cc1. The zero-order valence-electron chi connectivity index (χ0n) is 18.2. The van der Waals surface area contributed by atoms with Gasteiger partial charge in [-0.3, -0.25) is 14.4 Å². The molecule has 168 valence electrons. The summed E-state index contributed by atoms with van der Waals surface area (Å²) in [5.74, 6) is -0.384. The second kappa shape index (κ2) is 9.74. The number of hydrogen-bond donors (Lipinski definition) is 1. The average molecular weight is 454 g/mol. The Labute approximate surface area is 193 Å². The van der Waals surface area contributed by atoms with E-state index in [9.17, 15) is 14.4 Å². The van der Waals surface area contributed by atoms with Crippen LogP contribution in [0.2, 0.25) is 5.02 Å². The van der Waals surface area contributed by atoms with Gasteiger partial charge in [0.25, 0.3) is 0 Å². The van der Waals surface area contributed by atoms with Gasteiger partial charge in [-0.1, -0.05) is 41.4 Å². The fourth-order valence-electron chi connectivity index (χ4n) is 4.40. The standard InChI is InChI=1S/C25H28ClN3O3/c1-17-2-8-22(9-3-17)29-16-20(14-23(29)30)25(32)28-12-10-19(11-13-28)24(31)27-15-18-4-6-21(26)7-5-18/h2-9,19-20H,10-16H2,1H3,(H,27,31)/t20-/m0/s1. The summed E-state index contributed by atoms with van der Waals surface area (Å²) in [7, 11) is 0. The van der Waals surface area contributed by atoms with Gasteiger partial charge in [0.15, 0.2) is 0 Å². The molecule has 4 rings (SSSR count). The lowest BCUT2D eigenvalue weighted by molar-refractivity contribution is -0.139. The lowest BCUT2D eigenvalue weighted by Crippen LogP contribution is -2.45. The van der Waals surface area contributed by atoms with E-state index in [1.54, 1.807) is 17.0 Å². The van der Waals surface area contributed by atoms with E-state index in [0.717, 1.165) is 16.8 Å². The number of rotatable bonds is 5. The Morgan fingerprint density at radius 2 is 1.66 bits per heavy atom. The van der Waals surface area contributed by atoms with Gasteiger partial charge in [0.2, 0.25) is 17.7 Å². The van der Waals surface area contributed by atoms with E-state index in [-0.39, 0.29) is 36.0 Å². The zero-order chi connectivity index (χ0) is 22.7. The van der Waals surface area contributed by atoms with Gasteiger partial charge in [0, 0.05) is 49.2 Å². The molecule has 0 aliphatic carbocycles. The van der Waals surface area contributed by atoms with Gasteiger partial charge in [0.1, 0.15) is 0 Å². The summed E-state index contributed by atoms with van der Waals surface area (Å²) >= 11 is 5.89. The van der Waals surface area contributed by atoms with Crippen molar-refractivity contribution in [2.45, 2.75) is 32.7 Å². The molecule has 3 amide bonds. The molecule has 1 N–H and O–H groups in total. The van der Waals surface area contributed by atoms with E-state index in [0.29, 0.717) is 44.0 Å². The van der Waals surface area contributed by atoms with Crippen molar-refractivity contribution < 1.29 is 14.4 Å². The van der Waals surface area contributed by atoms with E-state index in [4.69, 9.17) is 11.6 Å². The van der Waals surface area contributed by atoms with Crippen LogP contribution in [0.1, 0.15) is 30.4 Å². The summed E-state index contributed by atoms with van der Waals surface area (Å²) in [6.07, 6.45) is 1.52. The Kier molecular flexibility index (Phi) is 6.80. The maximum absolute atomic E-state index is 13.0. The molecule has 0 spiro atoms. The van der Waals surface area contributed by atoms with E-state index in [2.05, 4.69) is 5.32 Å². The highest BCUT2D eigenvalue weighted by molar-refractivity contribution is 6.30. The number of aryl methyl sites for hydroxylation is 1. The lowest BCUT2D eigenvalue weighted by atomic mass is 9.94. The topological polar surface area (TPSA) is 69.7 Å². The van der Waals surface area contributed by atoms with Crippen molar-refractivity contribution in [1.82, 2.24) is 10.2 Å². The van der Waals surface area contributed by atoms with Crippen LogP contribution in [0.5, 0.6) is 0 Å². The Balaban J connectivity index is 1.26. The van der Waals surface area contributed by atoms with Crippen molar-refractivity contribution in [1.29, 1.82) is 0 Å². The Morgan fingerprint density at radius 1 is 1.00 bits per heavy atom. The molecule has 0 saturated carbocycles. The van der Waals surface area contributed by atoms with Crippen LogP contribution < -0.4 is 10.2 Å². The molecule has 2 fully saturated rings. The minimum atomic E-state index is -0.320. The van der Waals surface area contributed by atoms with Gasteiger partial charge < -0.3 is 15.1 Å². The number of likely N-dealkylation sites (tertiary alicyclic amines) is 1. The number of piperidine rings is 1. The van der Waals surface area contributed by atoms with E-state index in [1.807, 2.05) is 48.2 Å². The van der Waals surface area contributed by atoms with Crippen molar-refractivity contribution in [3.05, 3.63) is 64.7 Å². The van der Waals surface area contributed by atoms with Crippen molar-refractivity contribution in [3.8, 4) is 0 Å². The van der Waals surface area contributed by atoms with Crippen LogP contribution in [-0.2, 0) is 20.9 Å². The van der Waals surface area contributed by atoms with Crippen molar-refractivity contribution in [2.75, 3.05) is 24.5 Å². The third-order valence-corrected chi connectivity index (χ3v) is 6.63. The number of carbonyl (C=O) groups is 3. The first-order valence-electron chi connectivity index (χ1n) is 11.1. The molecule has 0 bridgehead atoms. The van der Waals surface area contributed by atoms with Gasteiger partial charge in [-0.05, 0) is 49.6 Å². The number of amides is 3. The predicted molar refractivity (Wildman–Crippen MR) is 124 cm³/mol. The van der Waals surface area contributed by atoms with Gasteiger partial charge >= 0.3 is 0 Å². The third-order valence-electron chi connectivity index (χ3n) is 6.38. The van der Waals surface area contributed by atoms with Gasteiger partial charge in [0.05, 0.1) is 5.92 Å². The van der Waals surface area contributed by atoms with Crippen LogP contribution in [0.25, 0.3) is 0 Å². The van der Waals surface area contributed by atoms with Gasteiger partial charge in [-0.2, -0.15) is 0 Å². The van der Waals surface area contributed by atoms with Crippen LogP contribution in [0.15, 0.2) is 48.5 Å². The first-order valence-corrected chi connectivity index (χ1v) is 11.5. The molecule has 0 radical (unpaired) electrons. The highest BCUT2D eigenvalue weighted by atomic mass is 35.5. The lowest BCUT2D eigenvalue weighted by Gasteiger charge is -2.33. The van der Waals surface area contributed by atoms with Crippen molar-refractivity contribution in [2.24, 2.45) is 11.8 Å². The Morgan fingerprint density at radius 3 is 2.31 bits per heavy atom. The summed E-state index contributed by atoms with van der Waals surface area (Å²) < 4.78 is 0. The van der Waals surface area contributed by atoms with Crippen LogP contribution in [0.3, 0.4) is 0 Å². The average Bonchev–Trinajstić information content (AvgIpc) is 3.20. The zero-order valence-corrected chi connectivity index (χ0v) is 19.0. The Hall–Kier alpha value is -2.86. The van der Waals surface area contributed by atoms with Gasteiger partial charge in [-0.15, -0.1) is 0 Å².